The highest BCUT2D eigenvalue weighted by molar-refractivity contribution is 7.90. The Morgan fingerprint density at radius 3 is 2.47 bits per heavy atom. The predicted molar refractivity (Wildman–Crippen MR) is 74.1 cm³/mol. The summed E-state index contributed by atoms with van der Waals surface area (Å²) in [5.41, 5.74) is 0.622. The molecule has 5 nitrogen and oxygen atoms in total. The molecule has 0 aliphatic carbocycles. The van der Waals surface area contributed by atoms with Crippen LogP contribution in [0.1, 0.15) is 13.3 Å². The van der Waals surface area contributed by atoms with E-state index in [4.69, 9.17) is 0 Å². The van der Waals surface area contributed by atoms with Gasteiger partial charge in [-0.1, -0.05) is 12.1 Å². The lowest BCUT2D eigenvalue weighted by Crippen LogP contribution is -2.27. The quantitative estimate of drug-likeness (QED) is 0.741. The molecule has 1 aromatic rings. The third-order valence-electron chi connectivity index (χ3n) is 2.80. The van der Waals surface area contributed by atoms with Crippen molar-refractivity contribution in [3.63, 3.8) is 0 Å². The van der Waals surface area contributed by atoms with E-state index in [-0.39, 0.29) is 17.3 Å². The van der Waals surface area contributed by atoms with Crippen molar-refractivity contribution < 1.29 is 17.9 Å². The van der Waals surface area contributed by atoms with Crippen LogP contribution in [0.25, 0.3) is 0 Å². The van der Waals surface area contributed by atoms with Crippen LogP contribution < -0.4 is 4.90 Å². The molecule has 0 spiro atoms. The van der Waals surface area contributed by atoms with E-state index in [0.29, 0.717) is 18.8 Å². The summed E-state index contributed by atoms with van der Waals surface area (Å²) >= 11 is 0. The molecule has 0 saturated heterocycles. The summed E-state index contributed by atoms with van der Waals surface area (Å²) in [6, 6.07) is 6.79. The van der Waals surface area contributed by atoms with E-state index in [9.17, 15) is 13.2 Å². The topological polar surface area (TPSA) is 63.7 Å². The average molecular weight is 285 g/mol. The van der Waals surface area contributed by atoms with Crippen LogP contribution in [0.5, 0.6) is 0 Å². The van der Waals surface area contributed by atoms with Gasteiger partial charge in [-0.05, 0) is 19.1 Å². The Labute approximate surface area is 114 Å². The minimum Gasteiger partial charge on any atom is -0.469 e. The van der Waals surface area contributed by atoms with Gasteiger partial charge in [-0.15, -0.1) is 0 Å². The fourth-order valence-corrected chi connectivity index (χ4v) is 2.71. The van der Waals surface area contributed by atoms with E-state index >= 15 is 0 Å². The van der Waals surface area contributed by atoms with Gasteiger partial charge in [0.05, 0.1) is 24.1 Å². The number of anilines is 1. The maximum Gasteiger partial charge on any atom is 0.307 e. The lowest BCUT2D eigenvalue weighted by molar-refractivity contribution is -0.140. The molecule has 6 heteroatoms. The van der Waals surface area contributed by atoms with E-state index in [1.165, 1.54) is 13.4 Å². The SMILES string of the molecule is CCN(CCC(=O)OC)c1ccccc1S(C)(=O)=O. The molecule has 1 aromatic carbocycles. The van der Waals surface area contributed by atoms with Crippen molar-refractivity contribution >= 4 is 21.5 Å². The van der Waals surface area contributed by atoms with Crippen LogP contribution in [0, 0.1) is 0 Å². The van der Waals surface area contributed by atoms with Crippen molar-refractivity contribution in [2.45, 2.75) is 18.2 Å². The largest absolute Gasteiger partial charge is 0.469 e. The molecule has 0 atom stereocenters. The Hall–Kier alpha value is -1.56. The van der Waals surface area contributed by atoms with Gasteiger partial charge in [0.15, 0.2) is 9.84 Å². The maximum absolute atomic E-state index is 11.8. The molecule has 0 fully saturated rings. The van der Waals surface area contributed by atoms with E-state index in [0.717, 1.165) is 0 Å². The maximum atomic E-state index is 11.8. The van der Waals surface area contributed by atoms with Crippen LogP contribution in [-0.4, -0.2) is 40.8 Å². The molecule has 0 amide bonds. The van der Waals surface area contributed by atoms with Gasteiger partial charge in [0.1, 0.15) is 0 Å². The molecular formula is C13H19NO4S. The van der Waals surface area contributed by atoms with Gasteiger partial charge >= 0.3 is 5.97 Å². The zero-order valence-corrected chi connectivity index (χ0v) is 12.2. The van der Waals surface area contributed by atoms with Gasteiger partial charge in [0, 0.05) is 19.3 Å². The molecule has 19 heavy (non-hydrogen) atoms. The Bertz CT molecular complexity index is 539. The second kappa shape index (κ2) is 6.56. The number of carbonyl (C=O) groups excluding carboxylic acids is 1. The van der Waals surface area contributed by atoms with Gasteiger partial charge < -0.3 is 9.64 Å². The lowest BCUT2D eigenvalue weighted by atomic mass is 10.2. The van der Waals surface area contributed by atoms with Crippen molar-refractivity contribution in [2.75, 3.05) is 31.4 Å². The Kier molecular flexibility index (Phi) is 5.35. The number of nitrogens with zero attached hydrogens (tertiary/aromatic N) is 1. The normalized spacial score (nSPS) is 11.1. The fraction of sp³-hybridized carbons (Fsp3) is 0.462. The fourth-order valence-electron chi connectivity index (χ4n) is 1.81. The number of carbonyl (C=O) groups is 1. The standard InChI is InChI=1S/C13H19NO4S/c1-4-14(10-9-13(15)18-2)11-7-5-6-8-12(11)19(3,16)17/h5-8H,4,9-10H2,1-3H3. The van der Waals surface area contributed by atoms with Crippen molar-refractivity contribution in [3.8, 4) is 0 Å². The zero-order chi connectivity index (χ0) is 14.5. The third-order valence-corrected chi connectivity index (χ3v) is 3.94. The highest BCUT2D eigenvalue weighted by atomic mass is 32.2. The van der Waals surface area contributed by atoms with Crippen LogP contribution in [0.3, 0.4) is 0 Å². The minimum atomic E-state index is -3.29. The summed E-state index contributed by atoms with van der Waals surface area (Å²) in [4.78, 5) is 13.3. The number of methoxy groups -OCH3 is 1. The van der Waals surface area contributed by atoms with E-state index < -0.39 is 9.84 Å². The molecular weight excluding hydrogens is 266 g/mol. The molecule has 0 saturated carbocycles. The minimum absolute atomic E-state index is 0.225. The highest BCUT2D eigenvalue weighted by Gasteiger charge is 2.17. The molecule has 0 bridgehead atoms. The van der Waals surface area contributed by atoms with Crippen LogP contribution in [-0.2, 0) is 19.4 Å². The summed E-state index contributed by atoms with van der Waals surface area (Å²) in [5, 5.41) is 0. The molecule has 0 aliphatic rings. The van der Waals surface area contributed by atoms with Crippen molar-refractivity contribution in [2.24, 2.45) is 0 Å². The molecule has 0 radical (unpaired) electrons. The Morgan fingerprint density at radius 1 is 1.32 bits per heavy atom. The van der Waals surface area contributed by atoms with Gasteiger partial charge in [0.25, 0.3) is 0 Å². The first-order valence-corrected chi connectivity index (χ1v) is 7.90. The number of rotatable bonds is 6. The molecule has 106 valence electrons. The van der Waals surface area contributed by atoms with Crippen molar-refractivity contribution in [1.29, 1.82) is 0 Å². The van der Waals surface area contributed by atoms with Gasteiger partial charge in [-0.25, -0.2) is 8.42 Å². The number of esters is 1. The van der Waals surface area contributed by atoms with Crippen LogP contribution in [0.4, 0.5) is 5.69 Å². The number of benzene rings is 1. The van der Waals surface area contributed by atoms with E-state index in [1.54, 1.807) is 24.3 Å². The van der Waals surface area contributed by atoms with E-state index in [2.05, 4.69) is 4.74 Å². The number of hydrogen-bond acceptors (Lipinski definition) is 5. The summed E-state index contributed by atoms with van der Waals surface area (Å²) in [6.45, 7) is 2.95. The van der Waals surface area contributed by atoms with Gasteiger partial charge in [-0.2, -0.15) is 0 Å². The zero-order valence-electron chi connectivity index (χ0n) is 11.4. The first-order valence-electron chi connectivity index (χ1n) is 6.01. The first-order chi connectivity index (χ1) is 8.90. The number of sulfone groups is 1. The molecule has 0 aromatic heterocycles. The molecule has 0 aliphatic heterocycles. The predicted octanol–water partition coefficient (Wildman–Crippen LogP) is 1.48. The lowest BCUT2D eigenvalue weighted by Gasteiger charge is -2.24. The second-order valence-corrected chi connectivity index (χ2v) is 6.13. The molecule has 0 unspecified atom stereocenters. The highest BCUT2D eigenvalue weighted by Crippen LogP contribution is 2.24. The Balaban J connectivity index is 3.02. The average Bonchev–Trinajstić information content (AvgIpc) is 2.38. The number of para-hydroxylation sites is 1. The van der Waals surface area contributed by atoms with Crippen molar-refractivity contribution in [3.05, 3.63) is 24.3 Å². The molecule has 1 rings (SSSR count). The van der Waals surface area contributed by atoms with Gasteiger partial charge in [0.2, 0.25) is 0 Å². The number of hydrogen-bond donors (Lipinski definition) is 0. The molecule has 0 heterocycles. The Morgan fingerprint density at radius 2 is 1.95 bits per heavy atom. The first kappa shape index (κ1) is 15.5. The monoisotopic (exact) mass is 285 g/mol. The van der Waals surface area contributed by atoms with Crippen molar-refractivity contribution in [1.82, 2.24) is 0 Å². The summed E-state index contributed by atoms with van der Waals surface area (Å²) in [6.07, 6.45) is 1.41. The summed E-state index contributed by atoms with van der Waals surface area (Å²) in [7, 11) is -1.95. The van der Waals surface area contributed by atoms with Crippen LogP contribution in [0.2, 0.25) is 0 Å². The summed E-state index contributed by atoms with van der Waals surface area (Å²) in [5.74, 6) is -0.310. The van der Waals surface area contributed by atoms with Crippen LogP contribution >= 0.6 is 0 Å². The second-order valence-electron chi connectivity index (χ2n) is 4.15. The third kappa shape index (κ3) is 4.24. The van der Waals surface area contributed by atoms with Crippen LogP contribution in [0.15, 0.2) is 29.2 Å². The van der Waals surface area contributed by atoms with Gasteiger partial charge in [-0.3, -0.25) is 4.79 Å². The summed E-state index contributed by atoms with van der Waals surface area (Å²) < 4.78 is 28.1. The smallest absolute Gasteiger partial charge is 0.307 e. The molecule has 0 N–H and O–H groups in total. The number of ether oxygens (including phenoxy) is 1. The van der Waals surface area contributed by atoms with E-state index in [1.807, 2.05) is 11.8 Å².